The van der Waals surface area contributed by atoms with E-state index in [1.54, 1.807) is 18.3 Å². The molecule has 2 amide bonds. The van der Waals surface area contributed by atoms with Crippen molar-refractivity contribution >= 4 is 34.1 Å². The second-order valence-corrected chi connectivity index (χ2v) is 7.36. The number of carbonyl (C=O) groups excluding carboxylic acids is 2. The van der Waals surface area contributed by atoms with E-state index in [0.717, 1.165) is 18.5 Å². The van der Waals surface area contributed by atoms with Gasteiger partial charge < -0.3 is 15.1 Å². The van der Waals surface area contributed by atoms with Crippen molar-refractivity contribution < 1.29 is 9.59 Å². The normalized spacial score (nSPS) is 14.1. The molecule has 6 heteroatoms. The molecule has 1 aromatic heterocycles. The van der Waals surface area contributed by atoms with E-state index in [2.05, 4.69) is 46.4 Å². The summed E-state index contributed by atoms with van der Waals surface area (Å²) in [6, 6.07) is 15.7. The maximum Gasteiger partial charge on any atom is 0.254 e. The molecule has 6 nitrogen and oxygen atoms in total. The lowest BCUT2D eigenvalue weighted by Crippen LogP contribution is -2.48. The largest absolute Gasteiger partial charge is 0.368 e. The summed E-state index contributed by atoms with van der Waals surface area (Å²) in [6.45, 7) is 6.49. The molecule has 1 saturated heterocycles. The number of nitrogens with one attached hydrogen (secondary N) is 1. The topological polar surface area (TPSA) is 65.5 Å². The van der Waals surface area contributed by atoms with Crippen molar-refractivity contribution in [3.8, 4) is 0 Å². The Bertz CT molecular complexity index is 1070. The van der Waals surface area contributed by atoms with Gasteiger partial charge in [-0.1, -0.05) is 24.3 Å². The van der Waals surface area contributed by atoms with Crippen LogP contribution in [0.4, 0.5) is 11.4 Å². The lowest BCUT2D eigenvalue weighted by Gasteiger charge is -2.36. The second kappa shape index (κ2) is 7.91. The first-order valence-corrected chi connectivity index (χ1v) is 9.79. The Morgan fingerprint density at radius 1 is 1.00 bits per heavy atom. The van der Waals surface area contributed by atoms with Crippen LogP contribution in [-0.4, -0.2) is 47.9 Å². The molecule has 0 atom stereocenters. The molecule has 29 heavy (non-hydrogen) atoms. The molecule has 0 bridgehead atoms. The number of hydrogen-bond donors (Lipinski definition) is 1. The summed E-state index contributed by atoms with van der Waals surface area (Å²) < 4.78 is 0. The Labute approximate surface area is 170 Å². The van der Waals surface area contributed by atoms with Crippen LogP contribution >= 0.6 is 0 Å². The van der Waals surface area contributed by atoms with Gasteiger partial charge in [0.05, 0.1) is 16.8 Å². The van der Waals surface area contributed by atoms with Crippen LogP contribution in [0.1, 0.15) is 22.8 Å². The molecule has 0 radical (unpaired) electrons. The highest BCUT2D eigenvalue weighted by Crippen LogP contribution is 2.26. The average molecular weight is 388 g/mol. The first-order valence-electron chi connectivity index (χ1n) is 9.79. The van der Waals surface area contributed by atoms with Gasteiger partial charge in [0.15, 0.2) is 0 Å². The van der Waals surface area contributed by atoms with Crippen LogP contribution in [0.15, 0.2) is 54.7 Å². The van der Waals surface area contributed by atoms with Gasteiger partial charge in [-0.2, -0.15) is 0 Å². The Kier molecular flexibility index (Phi) is 5.16. The van der Waals surface area contributed by atoms with Crippen molar-refractivity contribution in [2.24, 2.45) is 0 Å². The Balaban J connectivity index is 1.55. The highest BCUT2D eigenvalue weighted by Gasteiger charge is 2.24. The zero-order valence-electron chi connectivity index (χ0n) is 16.7. The zero-order chi connectivity index (χ0) is 20.4. The number of hydrogen-bond acceptors (Lipinski definition) is 4. The van der Waals surface area contributed by atoms with Crippen molar-refractivity contribution in [2.45, 2.75) is 13.8 Å². The van der Waals surface area contributed by atoms with E-state index >= 15 is 0 Å². The Morgan fingerprint density at radius 3 is 2.48 bits per heavy atom. The van der Waals surface area contributed by atoms with Crippen LogP contribution in [0.3, 0.4) is 0 Å². The molecular weight excluding hydrogens is 364 g/mol. The summed E-state index contributed by atoms with van der Waals surface area (Å²) in [4.78, 5) is 33.3. The number of rotatable bonds is 3. The first kappa shape index (κ1) is 18.9. The van der Waals surface area contributed by atoms with Gasteiger partial charge in [-0.3, -0.25) is 14.6 Å². The molecule has 1 fully saturated rings. The number of para-hydroxylation sites is 1. The van der Waals surface area contributed by atoms with Gasteiger partial charge in [-0.25, -0.2) is 0 Å². The third-order valence-corrected chi connectivity index (χ3v) is 5.25. The van der Waals surface area contributed by atoms with Crippen LogP contribution in [-0.2, 0) is 4.79 Å². The van der Waals surface area contributed by atoms with Gasteiger partial charge in [0.25, 0.3) is 5.91 Å². The molecule has 2 heterocycles. The van der Waals surface area contributed by atoms with Gasteiger partial charge in [0, 0.05) is 50.4 Å². The van der Waals surface area contributed by atoms with E-state index in [1.807, 2.05) is 17.0 Å². The molecule has 1 aliphatic heterocycles. The summed E-state index contributed by atoms with van der Waals surface area (Å²) >= 11 is 0. The average Bonchev–Trinajstić information content (AvgIpc) is 2.73. The number of carbonyl (C=O) groups is 2. The van der Waals surface area contributed by atoms with Gasteiger partial charge in [0.1, 0.15) is 0 Å². The number of benzene rings is 2. The molecule has 1 N–H and O–H groups in total. The highest BCUT2D eigenvalue weighted by atomic mass is 16.2. The third kappa shape index (κ3) is 3.92. The Morgan fingerprint density at radius 2 is 1.76 bits per heavy atom. The van der Waals surface area contributed by atoms with E-state index < -0.39 is 0 Å². The minimum Gasteiger partial charge on any atom is -0.368 e. The number of piperazine rings is 1. The van der Waals surface area contributed by atoms with E-state index in [4.69, 9.17) is 0 Å². The van der Waals surface area contributed by atoms with Gasteiger partial charge >= 0.3 is 0 Å². The van der Waals surface area contributed by atoms with Crippen LogP contribution in [0.25, 0.3) is 10.9 Å². The predicted molar refractivity (Wildman–Crippen MR) is 115 cm³/mol. The number of pyridine rings is 1. The number of aryl methyl sites for hydroxylation is 1. The summed E-state index contributed by atoms with van der Waals surface area (Å²) in [5.41, 5.74) is 4.30. The minimum atomic E-state index is -0.164. The lowest BCUT2D eigenvalue weighted by atomic mass is 10.1. The molecule has 3 aromatic rings. The fraction of sp³-hybridized carbons (Fsp3) is 0.261. The predicted octanol–water partition coefficient (Wildman–Crippen LogP) is 3.46. The van der Waals surface area contributed by atoms with E-state index in [-0.39, 0.29) is 11.8 Å². The van der Waals surface area contributed by atoms with Crippen molar-refractivity contribution in [1.82, 2.24) is 9.88 Å². The smallest absolute Gasteiger partial charge is 0.254 e. The summed E-state index contributed by atoms with van der Waals surface area (Å²) in [5, 5.41) is 3.54. The van der Waals surface area contributed by atoms with Crippen LogP contribution in [0.2, 0.25) is 0 Å². The summed E-state index contributed by atoms with van der Waals surface area (Å²) in [7, 11) is 0. The molecule has 0 saturated carbocycles. The van der Waals surface area contributed by atoms with Gasteiger partial charge in [-0.15, -0.1) is 0 Å². The molecule has 4 rings (SSSR count). The molecule has 1 aliphatic rings. The van der Waals surface area contributed by atoms with Gasteiger partial charge in [-0.05, 0) is 36.8 Å². The van der Waals surface area contributed by atoms with E-state index in [1.165, 1.54) is 18.2 Å². The molecule has 148 valence electrons. The third-order valence-electron chi connectivity index (χ3n) is 5.25. The highest BCUT2D eigenvalue weighted by molar-refractivity contribution is 6.10. The number of anilines is 2. The van der Waals surface area contributed by atoms with Crippen LogP contribution in [0.5, 0.6) is 0 Å². The summed E-state index contributed by atoms with van der Waals surface area (Å²) in [5.74, 6) is -0.162. The standard InChI is InChI=1S/C23H24N4O2/c1-16-5-3-6-18(15-16)26-11-13-27(14-12-26)23(29)20-9-10-24-22-19(20)7-4-8-21(22)25-17(2)28/h3-10,15H,11-14H2,1-2H3,(H,25,28). The van der Waals surface area contributed by atoms with Gasteiger partial charge in [0.2, 0.25) is 5.91 Å². The number of amides is 2. The monoisotopic (exact) mass is 388 g/mol. The quantitative estimate of drug-likeness (QED) is 0.746. The fourth-order valence-corrected chi connectivity index (χ4v) is 3.82. The van der Waals surface area contributed by atoms with Crippen LogP contribution < -0.4 is 10.2 Å². The number of fused-ring (bicyclic) bond motifs is 1. The van der Waals surface area contributed by atoms with E-state index in [9.17, 15) is 9.59 Å². The molecule has 0 spiro atoms. The Hall–Kier alpha value is -3.41. The fourth-order valence-electron chi connectivity index (χ4n) is 3.82. The lowest BCUT2D eigenvalue weighted by molar-refractivity contribution is -0.114. The number of nitrogens with zero attached hydrogens (tertiary/aromatic N) is 3. The van der Waals surface area contributed by atoms with Crippen molar-refractivity contribution in [2.75, 3.05) is 36.4 Å². The SMILES string of the molecule is CC(=O)Nc1cccc2c(C(=O)N3CCN(c4cccc(C)c4)CC3)ccnc12. The molecular formula is C23H24N4O2. The van der Waals surface area contributed by atoms with E-state index in [0.29, 0.717) is 29.9 Å². The second-order valence-electron chi connectivity index (χ2n) is 7.36. The minimum absolute atomic E-state index is 0.00117. The summed E-state index contributed by atoms with van der Waals surface area (Å²) in [6.07, 6.45) is 1.63. The maximum absolute atomic E-state index is 13.2. The molecule has 0 unspecified atom stereocenters. The number of aromatic nitrogens is 1. The molecule has 0 aliphatic carbocycles. The maximum atomic E-state index is 13.2. The van der Waals surface area contributed by atoms with Crippen molar-refractivity contribution in [3.63, 3.8) is 0 Å². The first-order chi connectivity index (χ1) is 14.0. The van der Waals surface area contributed by atoms with Crippen LogP contribution in [0, 0.1) is 6.92 Å². The van der Waals surface area contributed by atoms with Crippen molar-refractivity contribution in [3.05, 3.63) is 65.9 Å². The van der Waals surface area contributed by atoms with Crippen molar-refractivity contribution in [1.29, 1.82) is 0 Å². The zero-order valence-corrected chi connectivity index (χ0v) is 16.7. The molecule has 2 aromatic carbocycles.